The molecule has 0 aliphatic rings. The van der Waals surface area contributed by atoms with Crippen molar-refractivity contribution in [1.29, 1.82) is 0 Å². The molecular weight excluding hydrogens is 226 g/mol. The van der Waals surface area contributed by atoms with E-state index in [0.29, 0.717) is 5.02 Å². The molecule has 16 heavy (non-hydrogen) atoms. The second-order valence-electron chi connectivity index (χ2n) is 3.66. The van der Waals surface area contributed by atoms with Crippen LogP contribution in [0.25, 0.3) is 0 Å². The molecule has 0 spiro atoms. The fraction of sp³-hybridized carbons (Fsp3) is 0.417. The molecule has 1 unspecified atom stereocenters. The summed E-state index contributed by atoms with van der Waals surface area (Å²) in [6.45, 7) is 3.62. The molecule has 1 aromatic rings. The van der Waals surface area contributed by atoms with Gasteiger partial charge >= 0.3 is 0 Å². The normalized spacial score (nSPS) is 14.2. The fourth-order valence-corrected chi connectivity index (χ4v) is 1.50. The van der Waals surface area contributed by atoms with Crippen molar-refractivity contribution in [3.05, 3.63) is 34.9 Å². The van der Waals surface area contributed by atoms with Crippen LogP contribution in [0.5, 0.6) is 0 Å². The summed E-state index contributed by atoms with van der Waals surface area (Å²) in [5, 5.41) is 3.52. The van der Waals surface area contributed by atoms with Crippen LogP contribution in [0.15, 0.2) is 24.3 Å². The maximum atomic E-state index is 11.6. The Kier molecular flexibility index (Phi) is 4.77. The number of hydrogen-bond donors (Lipinski definition) is 1. The van der Waals surface area contributed by atoms with E-state index in [9.17, 15) is 4.79 Å². The van der Waals surface area contributed by atoms with Gasteiger partial charge in [0, 0.05) is 12.1 Å². The number of methoxy groups -OCH3 is 1. The minimum atomic E-state index is -0.443. The molecule has 0 saturated carbocycles. The number of halogens is 1. The van der Waals surface area contributed by atoms with Gasteiger partial charge in [-0.25, -0.2) is 0 Å². The third-order valence-electron chi connectivity index (χ3n) is 2.43. The molecule has 0 fully saturated rings. The van der Waals surface area contributed by atoms with Gasteiger partial charge in [0.15, 0.2) is 0 Å². The number of carbonyl (C=O) groups is 1. The molecule has 1 aromatic carbocycles. The average molecular weight is 242 g/mol. The minimum Gasteiger partial charge on any atom is -0.372 e. The number of amides is 1. The number of rotatable bonds is 4. The first-order chi connectivity index (χ1) is 7.54. The summed E-state index contributed by atoms with van der Waals surface area (Å²) >= 11 is 5.88. The molecule has 0 heterocycles. The van der Waals surface area contributed by atoms with Crippen molar-refractivity contribution in [3.8, 4) is 0 Å². The van der Waals surface area contributed by atoms with Crippen LogP contribution in [0.2, 0.25) is 5.02 Å². The lowest BCUT2D eigenvalue weighted by atomic mass is 10.1. The quantitative estimate of drug-likeness (QED) is 0.880. The Morgan fingerprint density at radius 1 is 1.44 bits per heavy atom. The summed E-state index contributed by atoms with van der Waals surface area (Å²) in [6.07, 6.45) is -0.443. The van der Waals surface area contributed by atoms with Gasteiger partial charge < -0.3 is 10.1 Å². The SMILES string of the molecule is COC(C)C(=O)N[C@@H](C)c1cccc(Cl)c1. The summed E-state index contributed by atoms with van der Waals surface area (Å²) in [5.41, 5.74) is 0.976. The first kappa shape index (κ1) is 13.0. The van der Waals surface area contributed by atoms with Crippen molar-refractivity contribution in [3.63, 3.8) is 0 Å². The summed E-state index contributed by atoms with van der Waals surface area (Å²) in [6, 6.07) is 7.35. The predicted octanol–water partition coefficient (Wildman–Crippen LogP) is 2.55. The molecule has 0 radical (unpaired) electrons. The number of ether oxygens (including phenoxy) is 1. The van der Waals surface area contributed by atoms with Crippen LogP contribution < -0.4 is 5.32 Å². The van der Waals surface area contributed by atoms with E-state index in [0.717, 1.165) is 5.56 Å². The van der Waals surface area contributed by atoms with E-state index < -0.39 is 6.10 Å². The third kappa shape index (κ3) is 3.51. The Bertz CT molecular complexity index is 368. The van der Waals surface area contributed by atoms with Crippen LogP contribution in [0.4, 0.5) is 0 Å². The highest BCUT2D eigenvalue weighted by atomic mass is 35.5. The van der Waals surface area contributed by atoms with E-state index in [2.05, 4.69) is 5.32 Å². The first-order valence-corrected chi connectivity index (χ1v) is 5.51. The molecule has 1 amide bonds. The lowest BCUT2D eigenvalue weighted by molar-refractivity contribution is -0.130. The lowest BCUT2D eigenvalue weighted by Gasteiger charge is -2.17. The van der Waals surface area contributed by atoms with Crippen molar-refractivity contribution in [2.75, 3.05) is 7.11 Å². The van der Waals surface area contributed by atoms with Gasteiger partial charge in [0.05, 0.1) is 6.04 Å². The topological polar surface area (TPSA) is 38.3 Å². The summed E-state index contributed by atoms with van der Waals surface area (Å²) in [5.74, 6) is -0.130. The second kappa shape index (κ2) is 5.87. The summed E-state index contributed by atoms with van der Waals surface area (Å²) in [4.78, 5) is 11.6. The molecule has 1 N–H and O–H groups in total. The van der Waals surface area contributed by atoms with Crippen LogP contribution >= 0.6 is 11.6 Å². The smallest absolute Gasteiger partial charge is 0.249 e. The van der Waals surface area contributed by atoms with Gasteiger partial charge in [-0.3, -0.25) is 4.79 Å². The minimum absolute atomic E-state index is 0.0798. The first-order valence-electron chi connectivity index (χ1n) is 5.13. The van der Waals surface area contributed by atoms with Crippen molar-refractivity contribution in [2.45, 2.75) is 26.0 Å². The van der Waals surface area contributed by atoms with Crippen molar-refractivity contribution >= 4 is 17.5 Å². The van der Waals surface area contributed by atoms with E-state index in [1.54, 1.807) is 13.0 Å². The van der Waals surface area contributed by atoms with Gasteiger partial charge in [-0.15, -0.1) is 0 Å². The molecule has 3 nitrogen and oxygen atoms in total. The number of nitrogens with one attached hydrogen (secondary N) is 1. The van der Waals surface area contributed by atoms with E-state index >= 15 is 0 Å². The highest BCUT2D eigenvalue weighted by Gasteiger charge is 2.15. The lowest BCUT2D eigenvalue weighted by Crippen LogP contribution is -2.35. The molecule has 2 atom stereocenters. The Morgan fingerprint density at radius 3 is 2.69 bits per heavy atom. The second-order valence-corrected chi connectivity index (χ2v) is 4.10. The Hall–Kier alpha value is -1.06. The summed E-state index contributed by atoms with van der Waals surface area (Å²) in [7, 11) is 1.51. The summed E-state index contributed by atoms with van der Waals surface area (Å²) < 4.78 is 4.93. The molecule has 0 aliphatic carbocycles. The zero-order chi connectivity index (χ0) is 12.1. The zero-order valence-electron chi connectivity index (χ0n) is 9.66. The zero-order valence-corrected chi connectivity index (χ0v) is 10.4. The van der Waals surface area contributed by atoms with Gasteiger partial charge in [0.25, 0.3) is 0 Å². The number of carbonyl (C=O) groups excluding carboxylic acids is 1. The number of hydrogen-bond acceptors (Lipinski definition) is 2. The van der Waals surface area contributed by atoms with E-state index in [1.165, 1.54) is 7.11 Å². The third-order valence-corrected chi connectivity index (χ3v) is 2.67. The van der Waals surface area contributed by atoms with Crippen LogP contribution in [0.3, 0.4) is 0 Å². The molecule has 0 aromatic heterocycles. The molecule has 4 heteroatoms. The predicted molar refractivity (Wildman–Crippen MR) is 64.5 cm³/mol. The highest BCUT2D eigenvalue weighted by molar-refractivity contribution is 6.30. The molecule has 1 rings (SSSR count). The molecule has 0 aliphatic heterocycles. The fourth-order valence-electron chi connectivity index (χ4n) is 1.30. The van der Waals surface area contributed by atoms with Gasteiger partial charge in [-0.2, -0.15) is 0 Å². The van der Waals surface area contributed by atoms with Crippen LogP contribution in [-0.2, 0) is 9.53 Å². The Labute approximate surface area is 101 Å². The van der Waals surface area contributed by atoms with E-state index in [-0.39, 0.29) is 11.9 Å². The van der Waals surface area contributed by atoms with E-state index in [4.69, 9.17) is 16.3 Å². The van der Waals surface area contributed by atoms with Crippen LogP contribution in [-0.4, -0.2) is 19.1 Å². The van der Waals surface area contributed by atoms with E-state index in [1.807, 2.05) is 25.1 Å². The van der Waals surface area contributed by atoms with Crippen molar-refractivity contribution in [1.82, 2.24) is 5.32 Å². The molecule has 0 bridgehead atoms. The Balaban J connectivity index is 2.65. The molecule has 0 saturated heterocycles. The monoisotopic (exact) mass is 241 g/mol. The largest absolute Gasteiger partial charge is 0.372 e. The highest BCUT2D eigenvalue weighted by Crippen LogP contribution is 2.17. The Morgan fingerprint density at radius 2 is 2.12 bits per heavy atom. The van der Waals surface area contributed by atoms with Crippen LogP contribution in [0.1, 0.15) is 25.5 Å². The number of benzene rings is 1. The van der Waals surface area contributed by atoms with Gasteiger partial charge in [-0.1, -0.05) is 23.7 Å². The maximum Gasteiger partial charge on any atom is 0.249 e. The molecular formula is C12H16ClNO2. The van der Waals surface area contributed by atoms with Crippen molar-refractivity contribution < 1.29 is 9.53 Å². The van der Waals surface area contributed by atoms with Gasteiger partial charge in [0.1, 0.15) is 6.10 Å². The van der Waals surface area contributed by atoms with Crippen LogP contribution in [0, 0.1) is 0 Å². The standard InChI is InChI=1S/C12H16ClNO2/c1-8(14-12(15)9(2)16-3)10-5-4-6-11(13)7-10/h4-9H,1-3H3,(H,14,15)/t8-,9?/m0/s1. The van der Waals surface area contributed by atoms with Gasteiger partial charge in [-0.05, 0) is 31.5 Å². The maximum absolute atomic E-state index is 11.6. The average Bonchev–Trinajstić information content (AvgIpc) is 2.27. The van der Waals surface area contributed by atoms with Gasteiger partial charge in [0.2, 0.25) is 5.91 Å². The molecule has 88 valence electrons. The van der Waals surface area contributed by atoms with Crippen molar-refractivity contribution in [2.24, 2.45) is 0 Å².